The van der Waals surface area contributed by atoms with Gasteiger partial charge in [-0.25, -0.2) is 0 Å². The molecule has 2 fully saturated rings. The molecule has 0 aromatic carbocycles. The van der Waals surface area contributed by atoms with Gasteiger partial charge in [-0.05, 0) is 37.3 Å². The van der Waals surface area contributed by atoms with Gasteiger partial charge in [-0.1, -0.05) is 0 Å². The Hall–Kier alpha value is -1.13. The van der Waals surface area contributed by atoms with E-state index >= 15 is 0 Å². The number of anilines is 1. The zero-order valence-electron chi connectivity index (χ0n) is 9.88. The molecule has 2 aliphatic rings. The largest absolute Gasteiger partial charge is 0.398 e. The third-order valence-corrected chi connectivity index (χ3v) is 4.10. The minimum absolute atomic E-state index is 0.136. The van der Waals surface area contributed by atoms with E-state index in [1.54, 1.807) is 6.20 Å². The summed E-state index contributed by atoms with van der Waals surface area (Å²) in [6, 6.07) is 1.97. The minimum Gasteiger partial charge on any atom is -0.398 e. The van der Waals surface area contributed by atoms with E-state index in [1.165, 1.54) is 12.8 Å². The SMILES string of the molecule is Nc1ccncc1CC(N)C1CC2CCC1O2. The lowest BCUT2D eigenvalue weighted by atomic mass is 9.82. The van der Waals surface area contributed by atoms with Crippen LogP contribution < -0.4 is 11.5 Å². The number of pyridine rings is 1. The van der Waals surface area contributed by atoms with Crippen LogP contribution in [0.5, 0.6) is 0 Å². The van der Waals surface area contributed by atoms with Gasteiger partial charge >= 0.3 is 0 Å². The fourth-order valence-corrected chi connectivity index (χ4v) is 3.14. The van der Waals surface area contributed by atoms with Crippen LogP contribution in [0.4, 0.5) is 5.69 Å². The topological polar surface area (TPSA) is 74.2 Å². The molecule has 4 heteroatoms. The first-order chi connectivity index (χ1) is 8.24. The van der Waals surface area contributed by atoms with Crippen LogP contribution in [0.1, 0.15) is 24.8 Å². The lowest BCUT2D eigenvalue weighted by molar-refractivity contribution is 0.0885. The lowest BCUT2D eigenvalue weighted by Gasteiger charge is -2.25. The summed E-state index contributed by atoms with van der Waals surface area (Å²) in [6.45, 7) is 0. The quantitative estimate of drug-likeness (QED) is 0.820. The monoisotopic (exact) mass is 233 g/mol. The molecular weight excluding hydrogens is 214 g/mol. The highest BCUT2D eigenvalue weighted by atomic mass is 16.5. The number of nitrogens with two attached hydrogens (primary N) is 2. The number of hydrogen-bond donors (Lipinski definition) is 2. The average molecular weight is 233 g/mol. The number of ether oxygens (including phenoxy) is 1. The van der Waals surface area contributed by atoms with E-state index in [-0.39, 0.29) is 6.04 Å². The highest BCUT2D eigenvalue weighted by molar-refractivity contribution is 5.44. The van der Waals surface area contributed by atoms with Crippen molar-refractivity contribution in [2.75, 3.05) is 5.73 Å². The summed E-state index contributed by atoms with van der Waals surface area (Å²) in [6.07, 6.45) is 8.68. The van der Waals surface area contributed by atoms with E-state index in [0.29, 0.717) is 18.1 Å². The molecule has 0 radical (unpaired) electrons. The summed E-state index contributed by atoms with van der Waals surface area (Å²) in [5.41, 5.74) is 14.1. The maximum absolute atomic E-state index is 6.30. The molecular formula is C13H19N3O. The smallest absolute Gasteiger partial charge is 0.0623 e. The van der Waals surface area contributed by atoms with Gasteiger partial charge in [0.2, 0.25) is 0 Å². The molecule has 92 valence electrons. The van der Waals surface area contributed by atoms with Crippen molar-refractivity contribution in [2.45, 2.75) is 43.9 Å². The Morgan fingerprint density at radius 1 is 1.47 bits per heavy atom. The molecule has 3 heterocycles. The van der Waals surface area contributed by atoms with Gasteiger partial charge in [-0.15, -0.1) is 0 Å². The summed E-state index contributed by atoms with van der Waals surface area (Å²) in [5.74, 6) is 0.494. The van der Waals surface area contributed by atoms with Gasteiger partial charge in [0.1, 0.15) is 0 Å². The first-order valence-corrected chi connectivity index (χ1v) is 6.33. The van der Waals surface area contributed by atoms with Crippen LogP contribution >= 0.6 is 0 Å². The number of aromatic nitrogens is 1. The van der Waals surface area contributed by atoms with Crippen LogP contribution in [0, 0.1) is 5.92 Å². The summed E-state index contributed by atoms with van der Waals surface area (Å²) < 4.78 is 5.85. The predicted octanol–water partition coefficient (Wildman–Crippen LogP) is 1.10. The van der Waals surface area contributed by atoms with E-state index < -0.39 is 0 Å². The zero-order chi connectivity index (χ0) is 11.8. The van der Waals surface area contributed by atoms with Crippen LogP contribution in [-0.4, -0.2) is 23.2 Å². The minimum atomic E-state index is 0.136. The molecule has 3 rings (SSSR count). The number of nitrogens with zero attached hydrogens (tertiary/aromatic N) is 1. The number of hydrogen-bond acceptors (Lipinski definition) is 4. The fraction of sp³-hybridized carbons (Fsp3) is 0.615. The van der Waals surface area contributed by atoms with Gasteiger partial charge in [0.25, 0.3) is 0 Å². The maximum atomic E-state index is 6.30. The number of fused-ring (bicyclic) bond motifs is 2. The highest BCUT2D eigenvalue weighted by Crippen LogP contribution is 2.40. The molecule has 2 saturated heterocycles. The van der Waals surface area contributed by atoms with E-state index in [1.807, 2.05) is 12.3 Å². The van der Waals surface area contributed by atoms with Crippen molar-refractivity contribution >= 4 is 5.69 Å². The van der Waals surface area contributed by atoms with Crippen LogP contribution in [0.3, 0.4) is 0 Å². The third-order valence-electron chi connectivity index (χ3n) is 4.10. The second-order valence-corrected chi connectivity index (χ2v) is 5.22. The molecule has 17 heavy (non-hydrogen) atoms. The second kappa shape index (κ2) is 4.27. The molecule has 1 aromatic heterocycles. The van der Waals surface area contributed by atoms with Gasteiger partial charge in [0.15, 0.2) is 0 Å². The van der Waals surface area contributed by atoms with E-state index in [9.17, 15) is 0 Å². The standard InChI is InChI=1S/C13H19N3O/c14-11-3-4-16-7-8(11)5-12(15)10-6-9-1-2-13(10)17-9/h3-4,7,9-10,12-13H,1-2,5-6,15H2,(H2,14,16). The Morgan fingerprint density at radius 2 is 2.35 bits per heavy atom. The Morgan fingerprint density at radius 3 is 3.00 bits per heavy atom. The summed E-state index contributed by atoms with van der Waals surface area (Å²) in [5, 5.41) is 0. The van der Waals surface area contributed by atoms with Crippen molar-refractivity contribution < 1.29 is 4.74 Å². The molecule has 0 saturated carbocycles. The van der Waals surface area contributed by atoms with Crippen molar-refractivity contribution in [1.82, 2.24) is 4.98 Å². The van der Waals surface area contributed by atoms with Gasteiger partial charge in [-0.2, -0.15) is 0 Å². The lowest BCUT2D eigenvalue weighted by Crippen LogP contribution is -2.38. The predicted molar refractivity (Wildman–Crippen MR) is 66.3 cm³/mol. The maximum Gasteiger partial charge on any atom is 0.0623 e. The third kappa shape index (κ3) is 2.03. The van der Waals surface area contributed by atoms with E-state index in [2.05, 4.69) is 4.98 Å². The average Bonchev–Trinajstić information content (AvgIpc) is 2.94. The molecule has 0 spiro atoms. The summed E-state index contributed by atoms with van der Waals surface area (Å²) in [4.78, 5) is 4.11. The normalized spacial score (nSPS) is 32.9. The molecule has 0 amide bonds. The number of nitrogen functional groups attached to an aromatic ring is 1. The van der Waals surface area contributed by atoms with Crippen LogP contribution in [0.15, 0.2) is 18.5 Å². The molecule has 4 unspecified atom stereocenters. The van der Waals surface area contributed by atoms with E-state index in [0.717, 1.165) is 24.1 Å². The van der Waals surface area contributed by atoms with Crippen LogP contribution in [0.25, 0.3) is 0 Å². The Bertz CT molecular complexity index is 409. The molecule has 1 aromatic rings. The number of rotatable bonds is 3. The van der Waals surface area contributed by atoms with Gasteiger partial charge in [0.05, 0.1) is 12.2 Å². The summed E-state index contributed by atoms with van der Waals surface area (Å²) >= 11 is 0. The van der Waals surface area contributed by atoms with Gasteiger partial charge in [-0.3, -0.25) is 4.98 Å². The van der Waals surface area contributed by atoms with Crippen molar-refractivity contribution in [2.24, 2.45) is 11.7 Å². The zero-order valence-corrected chi connectivity index (χ0v) is 9.88. The highest BCUT2D eigenvalue weighted by Gasteiger charge is 2.43. The fourth-order valence-electron chi connectivity index (χ4n) is 3.14. The van der Waals surface area contributed by atoms with Crippen molar-refractivity contribution in [1.29, 1.82) is 0 Å². The van der Waals surface area contributed by atoms with Gasteiger partial charge < -0.3 is 16.2 Å². The molecule has 2 bridgehead atoms. The molecule has 4 N–H and O–H groups in total. The molecule has 4 atom stereocenters. The second-order valence-electron chi connectivity index (χ2n) is 5.22. The first kappa shape index (κ1) is 11.0. The molecule has 2 aliphatic heterocycles. The van der Waals surface area contributed by atoms with E-state index in [4.69, 9.17) is 16.2 Å². The van der Waals surface area contributed by atoms with Gasteiger partial charge in [0, 0.05) is 30.0 Å². The first-order valence-electron chi connectivity index (χ1n) is 6.33. The van der Waals surface area contributed by atoms with Crippen molar-refractivity contribution in [3.8, 4) is 0 Å². The molecule has 0 aliphatic carbocycles. The van der Waals surface area contributed by atoms with Crippen molar-refractivity contribution in [3.63, 3.8) is 0 Å². The van der Waals surface area contributed by atoms with Crippen molar-refractivity contribution in [3.05, 3.63) is 24.0 Å². The van der Waals surface area contributed by atoms with Crippen LogP contribution in [0.2, 0.25) is 0 Å². The Kier molecular flexibility index (Phi) is 2.76. The Balaban J connectivity index is 1.68. The summed E-state index contributed by atoms with van der Waals surface area (Å²) in [7, 11) is 0. The molecule has 4 nitrogen and oxygen atoms in total. The van der Waals surface area contributed by atoms with Crippen LogP contribution in [-0.2, 0) is 11.2 Å². The Labute approximate surface area is 101 Å².